The van der Waals surface area contributed by atoms with E-state index in [4.69, 9.17) is 0 Å². The summed E-state index contributed by atoms with van der Waals surface area (Å²) in [5.74, 6) is 0. The number of hydrogen-bond acceptors (Lipinski definition) is 3. The minimum absolute atomic E-state index is 0.127. The van der Waals surface area contributed by atoms with Crippen LogP contribution in [0.3, 0.4) is 0 Å². The molecule has 0 atom stereocenters. The SMILES string of the molecule is CCCCCCCCCCCCCCCCC(CO)(CO)CO. The minimum atomic E-state index is -0.670. The lowest BCUT2D eigenvalue weighted by Crippen LogP contribution is -2.33. The van der Waals surface area contributed by atoms with Gasteiger partial charge in [-0.1, -0.05) is 96.8 Å². The molecule has 0 aromatic rings. The van der Waals surface area contributed by atoms with Gasteiger partial charge in [0, 0.05) is 5.41 Å². The fourth-order valence-corrected chi connectivity index (χ4v) is 3.08. The van der Waals surface area contributed by atoms with Crippen molar-refractivity contribution < 1.29 is 15.3 Å². The maximum Gasteiger partial charge on any atom is 0.0531 e. The van der Waals surface area contributed by atoms with Gasteiger partial charge in [0.2, 0.25) is 0 Å². The maximum atomic E-state index is 9.26. The largest absolute Gasteiger partial charge is 0.396 e. The molecule has 3 nitrogen and oxygen atoms in total. The first kappa shape index (κ1) is 22.9. The predicted molar refractivity (Wildman–Crippen MR) is 98.6 cm³/mol. The van der Waals surface area contributed by atoms with Crippen LogP contribution in [0.5, 0.6) is 0 Å². The molecule has 0 saturated heterocycles. The van der Waals surface area contributed by atoms with E-state index in [1.165, 1.54) is 77.0 Å². The van der Waals surface area contributed by atoms with Gasteiger partial charge in [0.15, 0.2) is 0 Å². The fourth-order valence-electron chi connectivity index (χ4n) is 3.08. The van der Waals surface area contributed by atoms with Crippen LogP contribution in [-0.2, 0) is 0 Å². The number of rotatable bonds is 18. The Bertz CT molecular complexity index is 219. The molecule has 0 aliphatic carbocycles. The second-order valence-corrected chi connectivity index (χ2v) is 7.32. The van der Waals surface area contributed by atoms with Crippen molar-refractivity contribution >= 4 is 0 Å². The third-order valence-electron chi connectivity index (χ3n) is 5.07. The summed E-state index contributed by atoms with van der Waals surface area (Å²) < 4.78 is 0. The van der Waals surface area contributed by atoms with Crippen LogP contribution in [0.4, 0.5) is 0 Å². The van der Waals surface area contributed by atoms with Gasteiger partial charge in [-0.3, -0.25) is 0 Å². The van der Waals surface area contributed by atoms with E-state index in [9.17, 15) is 15.3 Å². The Morgan fingerprint density at radius 1 is 0.478 bits per heavy atom. The van der Waals surface area contributed by atoms with Gasteiger partial charge in [0.05, 0.1) is 19.8 Å². The Morgan fingerprint density at radius 2 is 0.783 bits per heavy atom. The molecule has 23 heavy (non-hydrogen) atoms. The van der Waals surface area contributed by atoms with Gasteiger partial charge < -0.3 is 15.3 Å². The van der Waals surface area contributed by atoms with Gasteiger partial charge in [-0.05, 0) is 6.42 Å². The van der Waals surface area contributed by atoms with Crippen molar-refractivity contribution in [1.29, 1.82) is 0 Å². The molecule has 3 N–H and O–H groups in total. The van der Waals surface area contributed by atoms with Crippen LogP contribution in [0, 0.1) is 5.41 Å². The van der Waals surface area contributed by atoms with E-state index in [1.54, 1.807) is 0 Å². The van der Waals surface area contributed by atoms with E-state index in [2.05, 4.69) is 6.92 Å². The monoisotopic (exact) mass is 330 g/mol. The van der Waals surface area contributed by atoms with E-state index in [0.717, 1.165) is 12.8 Å². The molecule has 0 radical (unpaired) electrons. The summed E-state index contributed by atoms with van der Waals surface area (Å²) in [5, 5.41) is 27.8. The van der Waals surface area contributed by atoms with Crippen molar-refractivity contribution in [3.8, 4) is 0 Å². The Hall–Kier alpha value is -0.120. The molecular weight excluding hydrogens is 288 g/mol. The fraction of sp³-hybridized carbons (Fsp3) is 1.00. The number of aliphatic hydroxyl groups excluding tert-OH is 3. The molecule has 0 bridgehead atoms. The van der Waals surface area contributed by atoms with Gasteiger partial charge in [-0.25, -0.2) is 0 Å². The first-order chi connectivity index (χ1) is 11.2. The Balaban J connectivity index is 3.25. The molecule has 140 valence electrons. The van der Waals surface area contributed by atoms with E-state index < -0.39 is 5.41 Å². The zero-order valence-electron chi connectivity index (χ0n) is 15.6. The van der Waals surface area contributed by atoms with Crippen LogP contribution in [-0.4, -0.2) is 35.1 Å². The quantitative estimate of drug-likeness (QED) is 0.316. The van der Waals surface area contributed by atoms with Crippen molar-refractivity contribution in [2.24, 2.45) is 5.41 Å². The molecule has 0 aliphatic rings. The van der Waals surface area contributed by atoms with E-state index in [1.807, 2.05) is 0 Å². The Labute approximate surface area is 144 Å². The number of hydrogen-bond donors (Lipinski definition) is 3. The zero-order valence-corrected chi connectivity index (χ0v) is 15.6. The second kappa shape index (κ2) is 16.7. The van der Waals surface area contributed by atoms with E-state index >= 15 is 0 Å². The number of unbranched alkanes of at least 4 members (excludes halogenated alkanes) is 13. The third-order valence-corrected chi connectivity index (χ3v) is 5.07. The highest BCUT2D eigenvalue weighted by Gasteiger charge is 2.26. The van der Waals surface area contributed by atoms with Crippen molar-refractivity contribution in [1.82, 2.24) is 0 Å². The van der Waals surface area contributed by atoms with Crippen molar-refractivity contribution in [3.63, 3.8) is 0 Å². The van der Waals surface area contributed by atoms with E-state index in [0.29, 0.717) is 6.42 Å². The second-order valence-electron chi connectivity index (χ2n) is 7.32. The zero-order chi connectivity index (χ0) is 17.2. The van der Waals surface area contributed by atoms with Gasteiger partial charge in [-0.2, -0.15) is 0 Å². The topological polar surface area (TPSA) is 60.7 Å². The summed E-state index contributed by atoms with van der Waals surface area (Å²) in [7, 11) is 0. The van der Waals surface area contributed by atoms with Crippen LogP contribution in [0.15, 0.2) is 0 Å². The lowest BCUT2D eigenvalue weighted by atomic mass is 9.85. The predicted octanol–water partition coefficient (Wildman–Crippen LogP) is 4.82. The summed E-state index contributed by atoms with van der Waals surface area (Å²) in [6, 6.07) is 0. The minimum Gasteiger partial charge on any atom is -0.396 e. The molecule has 0 fully saturated rings. The number of aliphatic hydroxyl groups is 3. The molecule has 0 amide bonds. The summed E-state index contributed by atoms with van der Waals surface area (Å²) in [5.41, 5.74) is -0.670. The smallest absolute Gasteiger partial charge is 0.0531 e. The normalized spacial score (nSPS) is 12.0. The van der Waals surface area contributed by atoms with E-state index in [-0.39, 0.29) is 19.8 Å². The molecule has 0 heterocycles. The molecular formula is C20H42O3. The lowest BCUT2D eigenvalue weighted by Gasteiger charge is -2.27. The van der Waals surface area contributed by atoms with Gasteiger partial charge >= 0.3 is 0 Å². The molecule has 0 rings (SSSR count). The van der Waals surface area contributed by atoms with Crippen molar-refractivity contribution in [3.05, 3.63) is 0 Å². The highest BCUT2D eigenvalue weighted by atomic mass is 16.3. The first-order valence-electron chi connectivity index (χ1n) is 10.1. The Morgan fingerprint density at radius 3 is 1.09 bits per heavy atom. The molecule has 3 heteroatoms. The maximum absolute atomic E-state index is 9.26. The summed E-state index contributed by atoms with van der Waals surface area (Å²) in [6.07, 6.45) is 19.3. The molecule has 0 aromatic heterocycles. The van der Waals surface area contributed by atoms with Crippen LogP contribution >= 0.6 is 0 Å². The van der Waals surface area contributed by atoms with Crippen LogP contribution < -0.4 is 0 Å². The average molecular weight is 331 g/mol. The highest BCUT2D eigenvalue weighted by molar-refractivity contribution is 4.76. The van der Waals surface area contributed by atoms with Crippen LogP contribution in [0.2, 0.25) is 0 Å². The van der Waals surface area contributed by atoms with Gasteiger partial charge in [0.25, 0.3) is 0 Å². The molecule has 0 spiro atoms. The lowest BCUT2D eigenvalue weighted by molar-refractivity contribution is -0.00230. The van der Waals surface area contributed by atoms with Crippen molar-refractivity contribution in [2.75, 3.05) is 19.8 Å². The Kier molecular flexibility index (Phi) is 16.6. The summed E-state index contributed by atoms with van der Waals surface area (Å²) in [4.78, 5) is 0. The summed E-state index contributed by atoms with van der Waals surface area (Å²) >= 11 is 0. The molecule has 0 aromatic carbocycles. The summed E-state index contributed by atoms with van der Waals surface area (Å²) in [6.45, 7) is 1.89. The standard InChI is InChI=1S/C20H42O3/c1-2-3-4-5-6-7-8-9-10-11-12-13-14-15-16-20(17-21,18-22)19-23/h21-23H,2-19H2,1H3. The first-order valence-corrected chi connectivity index (χ1v) is 10.1. The van der Waals surface area contributed by atoms with Gasteiger partial charge in [0.1, 0.15) is 0 Å². The molecule has 0 saturated carbocycles. The van der Waals surface area contributed by atoms with Crippen LogP contribution in [0.25, 0.3) is 0 Å². The highest BCUT2D eigenvalue weighted by Crippen LogP contribution is 2.24. The van der Waals surface area contributed by atoms with Gasteiger partial charge in [-0.15, -0.1) is 0 Å². The molecule has 0 aliphatic heterocycles. The van der Waals surface area contributed by atoms with Crippen LogP contribution in [0.1, 0.15) is 103 Å². The third kappa shape index (κ3) is 12.9. The van der Waals surface area contributed by atoms with Crippen molar-refractivity contribution in [2.45, 2.75) is 103 Å². The average Bonchev–Trinajstić information content (AvgIpc) is 2.59. The molecule has 0 unspecified atom stereocenters.